The van der Waals surface area contributed by atoms with E-state index in [1.54, 1.807) is 17.7 Å². The molecule has 2 aromatic carbocycles. The van der Waals surface area contributed by atoms with E-state index < -0.39 is 5.92 Å². The fraction of sp³-hybridized carbons (Fsp3) is 0.320. The molecular weight excluding hydrogens is 438 g/mol. The average molecular weight is 466 g/mol. The summed E-state index contributed by atoms with van der Waals surface area (Å²) in [6, 6.07) is 13.8. The van der Waals surface area contributed by atoms with Crippen LogP contribution in [0.2, 0.25) is 0 Å². The van der Waals surface area contributed by atoms with Crippen LogP contribution in [0.25, 0.3) is 0 Å². The van der Waals surface area contributed by atoms with Gasteiger partial charge in [0.15, 0.2) is 16.7 Å². The molecule has 0 saturated heterocycles. The number of nitrogens with zero attached hydrogens (tertiary/aromatic N) is 2. The zero-order valence-electron chi connectivity index (χ0n) is 19.2. The Morgan fingerprint density at radius 3 is 2.64 bits per heavy atom. The van der Waals surface area contributed by atoms with E-state index in [1.165, 1.54) is 17.3 Å². The molecule has 4 rings (SSSR count). The second-order valence-corrected chi connectivity index (χ2v) is 8.85. The maximum absolute atomic E-state index is 13.2. The summed E-state index contributed by atoms with van der Waals surface area (Å²) in [4.78, 5) is 30.3. The number of para-hydroxylation sites is 1. The van der Waals surface area contributed by atoms with E-state index >= 15 is 0 Å². The van der Waals surface area contributed by atoms with Crippen LogP contribution < -0.4 is 20.3 Å². The third kappa shape index (κ3) is 4.61. The SMILES string of the molecule is CCOc1c(OC)cccc1[C@H]1CC(=O)Nc2c1c(=O)nc(SCc1ccc(C)cc1)n2C. The van der Waals surface area contributed by atoms with Crippen LogP contribution in [0.15, 0.2) is 52.4 Å². The third-order valence-corrected chi connectivity index (χ3v) is 6.78. The summed E-state index contributed by atoms with van der Waals surface area (Å²) in [5, 5.41) is 3.45. The first-order valence-electron chi connectivity index (χ1n) is 10.8. The molecule has 172 valence electrons. The van der Waals surface area contributed by atoms with Gasteiger partial charge in [0.1, 0.15) is 5.82 Å². The monoisotopic (exact) mass is 465 g/mol. The van der Waals surface area contributed by atoms with E-state index in [1.807, 2.05) is 33.0 Å². The molecule has 8 heteroatoms. The van der Waals surface area contributed by atoms with Gasteiger partial charge in [-0.3, -0.25) is 9.59 Å². The Labute approximate surface area is 197 Å². The van der Waals surface area contributed by atoms with Gasteiger partial charge in [0.25, 0.3) is 5.56 Å². The zero-order valence-corrected chi connectivity index (χ0v) is 20.0. The van der Waals surface area contributed by atoms with Gasteiger partial charge in [-0.1, -0.05) is 53.7 Å². The molecule has 0 unspecified atom stereocenters. The number of hydrogen-bond donors (Lipinski definition) is 1. The van der Waals surface area contributed by atoms with Crippen molar-refractivity contribution in [2.75, 3.05) is 19.0 Å². The van der Waals surface area contributed by atoms with Crippen molar-refractivity contribution < 1.29 is 14.3 Å². The van der Waals surface area contributed by atoms with Crippen LogP contribution >= 0.6 is 11.8 Å². The van der Waals surface area contributed by atoms with Crippen molar-refractivity contribution in [1.29, 1.82) is 0 Å². The summed E-state index contributed by atoms with van der Waals surface area (Å²) in [7, 11) is 3.39. The van der Waals surface area contributed by atoms with Gasteiger partial charge in [-0.2, -0.15) is 4.98 Å². The minimum absolute atomic E-state index is 0.132. The maximum Gasteiger partial charge on any atom is 0.279 e. The molecule has 1 aromatic heterocycles. The van der Waals surface area contributed by atoms with Crippen LogP contribution in [-0.2, 0) is 17.6 Å². The Hall–Kier alpha value is -3.26. The van der Waals surface area contributed by atoms with E-state index in [2.05, 4.69) is 34.6 Å². The fourth-order valence-corrected chi connectivity index (χ4v) is 4.95. The normalized spacial score (nSPS) is 15.0. The smallest absolute Gasteiger partial charge is 0.279 e. The van der Waals surface area contributed by atoms with Crippen molar-refractivity contribution in [3.8, 4) is 11.5 Å². The quantitative estimate of drug-likeness (QED) is 0.415. The van der Waals surface area contributed by atoms with Gasteiger partial charge in [-0.05, 0) is 25.5 Å². The van der Waals surface area contributed by atoms with Crippen LogP contribution in [0.1, 0.15) is 41.5 Å². The van der Waals surface area contributed by atoms with Crippen molar-refractivity contribution in [2.45, 2.75) is 37.1 Å². The van der Waals surface area contributed by atoms with E-state index in [0.717, 1.165) is 11.1 Å². The topological polar surface area (TPSA) is 82.4 Å². The molecule has 1 amide bonds. The standard InChI is InChI=1S/C25H27N3O4S/c1-5-32-22-17(7-6-8-19(22)31-4)18-13-20(29)26-23-21(18)24(30)27-25(28(23)3)33-14-16-11-9-15(2)10-12-16/h6-12,18H,5,13-14H2,1-4H3,(H,26,29)/t18-/m1/s1. The second-order valence-electron chi connectivity index (χ2n) is 7.91. The number of aryl methyl sites for hydroxylation is 1. The van der Waals surface area contributed by atoms with Crippen molar-refractivity contribution >= 4 is 23.5 Å². The highest BCUT2D eigenvalue weighted by Gasteiger charge is 2.34. The Balaban J connectivity index is 1.75. The summed E-state index contributed by atoms with van der Waals surface area (Å²) in [5.74, 6) is 1.63. The average Bonchev–Trinajstić information content (AvgIpc) is 2.81. The Morgan fingerprint density at radius 1 is 1.18 bits per heavy atom. The first-order valence-corrected chi connectivity index (χ1v) is 11.8. The molecule has 2 heterocycles. The summed E-state index contributed by atoms with van der Waals surface area (Å²) >= 11 is 1.46. The van der Waals surface area contributed by atoms with Crippen LogP contribution in [-0.4, -0.2) is 29.2 Å². The number of carbonyl (C=O) groups excluding carboxylic acids is 1. The molecule has 3 aromatic rings. The summed E-state index contributed by atoms with van der Waals surface area (Å²) in [5.41, 5.74) is 3.19. The predicted molar refractivity (Wildman–Crippen MR) is 129 cm³/mol. The Kier molecular flexibility index (Phi) is 6.74. The lowest BCUT2D eigenvalue weighted by atomic mass is 9.86. The van der Waals surface area contributed by atoms with Crippen molar-refractivity contribution in [2.24, 2.45) is 7.05 Å². The molecule has 0 radical (unpaired) electrons. The fourth-order valence-electron chi connectivity index (χ4n) is 4.03. The van der Waals surface area contributed by atoms with Crippen LogP contribution in [0.5, 0.6) is 11.5 Å². The lowest BCUT2D eigenvalue weighted by molar-refractivity contribution is -0.116. The van der Waals surface area contributed by atoms with E-state index in [9.17, 15) is 9.59 Å². The molecule has 0 aliphatic carbocycles. The van der Waals surface area contributed by atoms with Crippen LogP contribution in [0.4, 0.5) is 5.82 Å². The third-order valence-electron chi connectivity index (χ3n) is 5.68. The molecule has 0 fully saturated rings. The molecule has 1 aliphatic rings. The summed E-state index contributed by atoms with van der Waals surface area (Å²) in [6.07, 6.45) is 0.132. The van der Waals surface area contributed by atoms with Gasteiger partial charge in [-0.25, -0.2) is 0 Å². The largest absolute Gasteiger partial charge is 0.493 e. The number of anilines is 1. The van der Waals surface area contributed by atoms with Gasteiger partial charge in [0, 0.05) is 30.7 Å². The van der Waals surface area contributed by atoms with E-state index in [4.69, 9.17) is 9.47 Å². The van der Waals surface area contributed by atoms with Gasteiger partial charge in [-0.15, -0.1) is 0 Å². The molecule has 1 N–H and O–H groups in total. The first-order chi connectivity index (χ1) is 15.9. The Bertz CT molecular complexity index is 1240. The number of ether oxygens (including phenoxy) is 2. The highest BCUT2D eigenvalue weighted by Crippen LogP contribution is 2.43. The van der Waals surface area contributed by atoms with Gasteiger partial charge >= 0.3 is 0 Å². The van der Waals surface area contributed by atoms with Gasteiger partial charge in [0.2, 0.25) is 5.91 Å². The maximum atomic E-state index is 13.2. The lowest BCUT2D eigenvalue weighted by Gasteiger charge is -2.29. The highest BCUT2D eigenvalue weighted by molar-refractivity contribution is 7.98. The number of amides is 1. The minimum Gasteiger partial charge on any atom is -0.493 e. The number of rotatable bonds is 7. The predicted octanol–water partition coefficient (Wildman–Crippen LogP) is 4.26. The molecule has 1 atom stereocenters. The van der Waals surface area contributed by atoms with Gasteiger partial charge in [0.05, 0.1) is 19.3 Å². The lowest BCUT2D eigenvalue weighted by Crippen LogP contribution is -2.33. The zero-order chi connectivity index (χ0) is 23.5. The van der Waals surface area contributed by atoms with Crippen LogP contribution in [0, 0.1) is 6.92 Å². The first kappa shape index (κ1) is 22.9. The number of thioether (sulfide) groups is 1. The second kappa shape index (κ2) is 9.70. The number of carbonyl (C=O) groups is 1. The molecule has 0 saturated carbocycles. The molecule has 0 spiro atoms. The Morgan fingerprint density at radius 2 is 1.94 bits per heavy atom. The highest BCUT2D eigenvalue weighted by atomic mass is 32.2. The number of fused-ring (bicyclic) bond motifs is 1. The van der Waals surface area contributed by atoms with Crippen molar-refractivity contribution in [3.63, 3.8) is 0 Å². The van der Waals surface area contributed by atoms with Crippen LogP contribution in [0.3, 0.4) is 0 Å². The molecule has 7 nitrogen and oxygen atoms in total. The molecule has 0 bridgehead atoms. The summed E-state index contributed by atoms with van der Waals surface area (Å²) < 4.78 is 13.1. The number of nitrogens with one attached hydrogen (secondary N) is 1. The number of aromatic nitrogens is 2. The van der Waals surface area contributed by atoms with E-state index in [-0.39, 0.29) is 17.9 Å². The van der Waals surface area contributed by atoms with Gasteiger partial charge < -0.3 is 19.4 Å². The summed E-state index contributed by atoms with van der Waals surface area (Å²) in [6.45, 7) is 4.37. The number of benzene rings is 2. The van der Waals surface area contributed by atoms with Crippen molar-refractivity contribution in [1.82, 2.24) is 9.55 Å². The van der Waals surface area contributed by atoms with E-state index in [0.29, 0.717) is 40.4 Å². The molecular formula is C25H27N3O4S. The molecule has 1 aliphatic heterocycles. The minimum atomic E-state index is -0.479. The number of hydrogen-bond acceptors (Lipinski definition) is 6. The number of methoxy groups -OCH3 is 1. The molecule has 33 heavy (non-hydrogen) atoms. The van der Waals surface area contributed by atoms with Crippen molar-refractivity contribution in [3.05, 3.63) is 75.1 Å².